The van der Waals surface area contributed by atoms with E-state index >= 15 is 0 Å². The van der Waals surface area contributed by atoms with Gasteiger partial charge in [0.1, 0.15) is 5.82 Å². The third-order valence-corrected chi connectivity index (χ3v) is 5.65. The number of aromatic nitrogens is 3. The first kappa shape index (κ1) is 16.4. The van der Waals surface area contributed by atoms with Crippen molar-refractivity contribution in [3.8, 4) is 0 Å². The van der Waals surface area contributed by atoms with Gasteiger partial charge < -0.3 is 4.74 Å². The van der Waals surface area contributed by atoms with E-state index in [9.17, 15) is 8.42 Å². The molecule has 1 atom stereocenters. The average Bonchev–Trinajstić information content (AvgIpc) is 2.85. The van der Waals surface area contributed by atoms with E-state index in [-0.39, 0.29) is 11.7 Å². The maximum absolute atomic E-state index is 11.9. The van der Waals surface area contributed by atoms with Gasteiger partial charge in [-0.2, -0.15) is 5.10 Å². The number of hydrogen-bond donors (Lipinski definition) is 0. The highest BCUT2D eigenvalue weighted by molar-refractivity contribution is 7.91. The van der Waals surface area contributed by atoms with E-state index in [1.165, 1.54) is 0 Å². The summed E-state index contributed by atoms with van der Waals surface area (Å²) in [6.07, 6.45) is 4.38. The van der Waals surface area contributed by atoms with Crippen LogP contribution < -0.4 is 0 Å². The zero-order chi connectivity index (χ0) is 15.3. The highest BCUT2D eigenvalue weighted by atomic mass is 32.2. The monoisotopic (exact) mass is 315 g/mol. The third-order valence-electron chi connectivity index (χ3n) is 3.83. The first-order valence-electron chi connectivity index (χ1n) is 7.68. The molecule has 1 unspecified atom stereocenters. The summed E-state index contributed by atoms with van der Waals surface area (Å²) in [5.41, 5.74) is 0. The summed E-state index contributed by atoms with van der Waals surface area (Å²) in [5, 5.41) is 4.54. The van der Waals surface area contributed by atoms with Gasteiger partial charge in [0.15, 0.2) is 15.7 Å². The Kier molecular flexibility index (Phi) is 5.75. The van der Waals surface area contributed by atoms with Crippen LogP contribution in [-0.4, -0.2) is 48.4 Å². The molecule has 0 aliphatic carbocycles. The van der Waals surface area contributed by atoms with Crippen LogP contribution in [0.1, 0.15) is 50.2 Å². The molecule has 0 saturated carbocycles. The topological polar surface area (TPSA) is 74.1 Å². The maximum atomic E-state index is 11.9. The van der Waals surface area contributed by atoms with Gasteiger partial charge in [-0.15, -0.1) is 0 Å². The Morgan fingerprint density at radius 1 is 1.43 bits per heavy atom. The van der Waals surface area contributed by atoms with Gasteiger partial charge in [0.05, 0.1) is 18.1 Å². The van der Waals surface area contributed by atoms with Gasteiger partial charge in [-0.1, -0.05) is 13.3 Å². The van der Waals surface area contributed by atoms with Crippen molar-refractivity contribution in [2.75, 3.05) is 25.2 Å². The number of sulfone groups is 1. The number of aryl methyl sites for hydroxylation is 1. The highest BCUT2D eigenvalue weighted by Crippen LogP contribution is 2.27. The largest absolute Gasteiger partial charge is 0.384 e. The zero-order valence-corrected chi connectivity index (χ0v) is 13.7. The number of hydrogen-bond acceptors (Lipinski definition) is 5. The quantitative estimate of drug-likeness (QED) is 0.763. The van der Waals surface area contributed by atoms with Crippen LogP contribution in [0.2, 0.25) is 0 Å². The van der Waals surface area contributed by atoms with Crippen molar-refractivity contribution < 1.29 is 13.2 Å². The molecule has 0 aromatic carbocycles. The molecule has 0 bridgehead atoms. The van der Waals surface area contributed by atoms with Gasteiger partial charge in [-0.3, -0.25) is 0 Å². The number of methoxy groups -OCH3 is 1. The summed E-state index contributed by atoms with van der Waals surface area (Å²) in [7, 11) is -1.28. The van der Waals surface area contributed by atoms with Crippen molar-refractivity contribution in [3.05, 3.63) is 11.6 Å². The minimum Gasteiger partial charge on any atom is -0.384 e. The lowest BCUT2D eigenvalue weighted by molar-refractivity contribution is 0.200. The summed E-state index contributed by atoms with van der Waals surface area (Å²) < 4.78 is 30.7. The molecule has 1 aromatic heterocycles. The Hall–Kier alpha value is -0.950. The Bertz CT molecular complexity index is 554. The fourth-order valence-electron chi connectivity index (χ4n) is 2.70. The molecule has 7 heteroatoms. The lowest BCUT2D eigenvalue weighted by atomic mass is 10.0. The van der Waals surface area contributed by atoms with Crippen LogP contribution in [0.4, 0.5) is 0 Å². The SMILES string of the molecule is CCCCn1nc(CCOC)nc1C1CCCS(=O)(=O)C1. The lowest BCUT2D eigenvalue weighted by Gasteiger charge is -2.21. The van der Waals surface area contributed by atoms with Crippen LogP contribution in [0.25, 0.3) is 0 Å². The summed E-state index contributed by atoms with van der Waals surface area (Å²) in [6, 6.07) is 0. The summed E-state index contributed by atoms with van der Waals surface area (Å²) in [6.45, 7) is 3.52. The van der Waals surface area contributed by atoms with Crippen molar-refractivity contribution in [3.63, 3.8) is 0 Å². The predicted octanol–water partition coefficient (Wildman–Crippen LogP) is 1.56. The van der Waals surface area contributed by atoms with Crippen LogP contribution in [0.3, 0.4) is 0 Å². The average molecular weight is 315 g/mol. The van der Waals surface area contributed by atoms with E-state index < -0.39 is 9.84 Å². The predicted molar refractivity (Wildman–Crippen MR) is 81.1 cm³/mol. The van der Waals surface area contributed by atoms with E-state index in [2.05, 4.69) is 17.0 Å². The molecular weight excluding hydrogens is 290 g/mol. The molecule has 120 valence electrons. The lowest BCUT2D eigenvalue weighted by Crippen LogP contribution is -2.26. The van der Waals surface area contributed by atoms with Crippen molar-refractivity contribution in [1.29, 1.82) is 0 Å². The molecule has 6 nitrogen and oxygen atoms in total. The molecule has 2 rings (SSSR count). The van der Waals surface area contributed by atoms with Gasteiger partial charge in [-0.05, 0) is 19.3 Å². The Morgan fingerprint density at radius 3 is 2.90 bits per heavy atom. The molecule has 1 aromatic rings. The van der Waals surface area contributed by atoms with Crippen LogP contribution in [-0.2, 0) is 27.5 Å². The van der Waals surface area contributed by atoms with E-state index in [1.807, 2.05) is 4.68 Å². The van der Waals surface area contributed by atoms with E-state index in [0.717, 1.165) is 43.9 Å². The highest BCUT2D eigenvalue weighted by Gasteiger charge is 2.29. The summed E-state index contributed by atoms with van der Waals surface area (Å²) in [5.74, 6) is 2.11. The van der Waals surface area contributed by atoms with Gasteiger partial charge in [0.2, 0.25) is 0 Å². The molecule has 1 fully saturated rings. The minimum atomic E-state index is -2.93. The maximum Gasteiger partial charge on any atom is 0.153 e. The van der Waals surface area contributed by atoms with Crippen LogP contribution in [0.5, 0.6) is 0 Å². The third kappa shape index (κ3) is 4.51. The molecule has 0 N–H and O–H groups in total. The fraction of sp³-hybridized carbons (Fsp3) is 0.857. The molecule has 0 amide bonds. The van der Waals surface area contributed by atoms with Crippen LogP contribution >= 0.6 is 0 Å². The molecule has 2 heterocycles. The van der Waals surface area contributed by atoms with Crippen molar-refractivity contribution in [1.82, 2.24) is 14.8 Å². The van der Waals surface area contributed by atoms with Crippen LogP contribution in [0, 0.1) is 0 Å². The van der Waals surface area contributed by atoms with Gasteiger partial charge in [0.25, 0.3) is 0 Å². The molecular formula is C14H25N3O3S. The number of ether oxygens (including phenoxy) is 1. The zero-order valence-electron chi connectivity index (χ0n) is 12.9. The number of unbranched alkanes of at least 4 members (excludes halogenated alkanes) is 1. The van der Waals surface area contributed by atoms with Gasteiger partial charge in [-0.25, -0.2) is 18.1 Å². The van der Waals surface area contributed by atoms with Crippen molar-refractivity contribution >= 4 is 9.84 Å². The number of nitrogens with zero attached hydrogens (tertiary/aromatic N) is 3. The fourth-order valence-corrected chi connectivity index (χ4v) is 4.41. The number of rotatable bonds is 7. The van der Waals surface area contributed by atoms with Gasteiger partial charge >= 0.3 is 0 Å². The summed E-state index contributed by atoms with van der Waals surface area (Å²) in [4.78, 5) is 4.60. The standard InChI is InChI=1S/C14H25N3O3S/c1-3-4-8-17-14(15-13(16-17)7-9-20-2)12-6-5-10-21(18,19)11-12/h12H,3-11H2,1-2H3. The molecule has 1 aliphatic rings. The molecule has 1 saturated heterocycles. The molecule has 21 heavy (non-hydrogen) atoms. The Labute approximate surface area is 126 Å². The van der Waals surface area contributed by atoms with Crippen molar-refractivity contribution in [2.45, 2.75) is 51.5 Å². The summed E-state index contributed by atoms with van der Waals surface area (Å²) >= 11 is 0. The van der Waals surface area contributed by atoms with E-state index in [1.54, 1.807) is 7.11 Å². The van der Waals surface area contributed by atoms with Crippen molar-refractivity contribution in [2.24, 2.45) is 0 Å². The van der Waals surface area contributed by atoms with E-state index in [0.29, 0.717) is 18.8 Å². The first-order valence-corrected chi connectivity index (χ1v) is 9.51. The van der Waals surface area contributed by atoms with E-state index in [4.69, 9.17) is 4.74 Å². The molecule has 0 spiro atoms. The Morgan fingerprint density at radius 2 is 2.24 bits per heavy atom. The molecule has 0 radical (unpaired) electrons. The van der Waals surface area contributed by atoms with Crippen LogP contribution in [0.15, 0.2) is 0 Å². The second-order valence-electron chi connectivity index (χ2n) is 5.66. The molecule has 1 aliphatic heterocycles. The smallest absolute Gasteiger partial charge is 0.153 e. The second kappa shape index (κ2) is 7.35. The normalized spacial score (nSPS) is 21.5. The minimum absolute atomic E-state index is 0.00981. The first-order chi connectivity index (χ1) is 10.1. The second-order valence-corrected chi connectivity index (χ2v) is 7.89. The Balaban J connectivity index is 2.20. The van der Waals surface area contributed by atoms with Gasteiger partial charge in [0, 0.05) is 26.0 Å².